The van der Waals surface area contributed by atoms with Gasteiger partial charge in [-0.2, -0.15) is 0 Å². The first-order valence-electron chi connectivity index (χ1n) is 7.65. The van der Waals surface area contributed by atoms with Gasteiger partial charge < -0.3 is 5.11 Å². The topological polar surface area (TPSA) is 37.3 Å². The van der Waals surface area contributed by atoms with Crippen LogP contribution >= 0.6 is 0 Å². The molecule has 110 valence electrons. The number of carboxylic acid groups (broad SMARTS) is 1. The second-order valence-corrected chi connectivity index (χ2v) is 6.87. The lowest BCUT2D eigenvalue weighted by Crippen LogP contribution is -2.25. The molecule has 2 aliphatic rings. The SMILES string of the molecule is CC1(C)C(C=c2cccc3c2=Cc2ccccc2-3)C1C(=O)O. The first kappa shape index (κ1) is 13.3. The van der Waals surface area contributed by atoms with E-state index in [0.717, 1.165) is 5.22 Å². The minimum absolute atomic E-state index is 0.105. The predicted molar refractivity (Wildman–Crippen MR) is 87.6 cm³/mol. The van der Waals surface area contributed by atoms with E-state index in [-0.39, 0.29) is 17.3 Å². The van der Waals surface area contributed by atoms with Crippen LogP contribution in [0.15, 0.2) is 42.5 Å². The van der Waals surface area contributed by atoms with Crippen LogP contribution in [0.3, 0.4) is 0 Å². The van der Waals surface area contributed by atoms with Crippen molar-refractivity contribution < 1.29 is 9.90 Å². The minimum Gasteiger partial charge on any atom is -0.481 e. The number of fused-ring (bicyclic) bond motifs is 3. The fraction of sp³-hybridized carbons (Fsp3) is 0.250. The van der Waals surface area contributed by atoms with Crippen molar-refractivity contribution in [2.75, 3.05) is 0 Å². The Morgan fingerprint density at radius 2 is 1.82 bits per heavy atom. The number of carboxylic acids is 1. The average molecular weight is 290 g/mol. The van der Waals surface area contributed by atoms with Crippen LogP contribution in [0.2, 0.25) is 0 Å². The molecule has 1 saturated carbocycles. The Morgan fingerprint density at radius 1 is 1.09 bits per heavy atom. The molecule has 1 N–H and O–H groups in total. The fourth-order valence-electron chi connectivity index (χ4n) is 3.80. The van der Waals surface area contributed by atoms with E-state index >= 15 is 0 Å². The molecule has 2 atom stereocenters. The molecule has 2 unspecified atom stereocenters. The van der Waals surface area contributed by atoms with Crippen LogP contribution in [0.4, 0.5) is 0 Å². The quantitative estimate of drug-likeness (QED) is 0.788. The molecular formula is C20H18O2. The summed E-state index contributed by atoms with van der Waals surface area (Å²) >= 11 is 0. The molecule has 4 rings (SSSR count). The zero-order valence-corrected chi connectivity index (χ0v) is 12.7. The summed E-state index contributed by atoms with van der Waals surface area (Å²) in [4.78, 5) is 11.4. The first-order chi connectivity index (χ1) is 10.5. The third-order valence-corrected chi connectivity index (χ3v) is 5.23. The molecule has 0 radical (unpaired) electrons. The predicted octanol–water partition coefficient (Wildman–Crippen LogP) is 2.63. The van der Waals surface area contributed by atoms with Crippen molar-refractivity contribution in [2.45, 2.75) is 13.8 Å². The molecule has 0 bridgehead atoms. The van der Waals surface area contributed by atoms with Gasteiger partial charge in [-0.25, -0.2) is 0 Å². The molecule has 0 spiro atoms. The van der Waals surface area contributed by atoms with Gasteiger partial charge in [0.2, 0.25) is 0 Å². The van der Waals surface area contributed by atoms with Crippen molar-refractivity contribution in [3.8, 4) is 11.1 Å². The molecule has 1 fully saturated rings. The van der Waals surface area contributed by atoms with E-state index in [4.69, 9.17) is 0 Å². The third kappa shape index (κ3) is 1.77. The number of hydrogen-bond donors (Lipinski definition) is 1. The Labute approximate surface area is 129 Å². The van der Waals surface area contributed by atoms with Crippen LogP contribution in [0.5, 0.6) is 0 Å². The number of carbonyl (C=O) groups is 1. The highest BCUT2D eigenvalue weighted by molar-refractivity contribution is 5.83. The van der Waals surface area contributed by atoms with Gasteiger partial charge in [0, 0.05) is 0 Å². The highest BCUT2D eigenvalue weighted by Crippen LogP contribution is 2.59. The molecule has 22 heavy (non-hydrogen) atoms. The van der Waals surface area contributed by atoms with Gasteiger partial charge in [-0.1, -0.05) is 62.4 Å². The maximum atomic E-state index is 11.4. The summed E-state index contributed by atoms with van der Waals surface area (Å²) in [7, 11) is 0. The summed E-state index contributed by atoms with van der Waals surface area (Å²) in [5.41, 5.74) is 3.59. The average Bonchev–Trinajstić information content (AvgIpc) is 2.86. The van der Waals surface area contributed by atoms with E-state index in [1.54, 1.807) is 0 Å². The Hall–Kier alpha value is -2.35. The Morgan fingerprint density at radius 3 is 2.55 bits per heavy atom. The molecule has 0 amide bonds. The van der Waals surface area contributed by atoms with Gasteiger partial charge >= 0.3 is 5.97 Å². The Bertz CT molecular complexity index is 906. The van der Waals surface area contributed by atoms with Crippen molar-refractivity contribution in [2.24, 2.45) is 17.3 Å². The first-order valence-corrected chi connectivity index (χ1v) is 7.65. The van der Waals surface area contributed by atoms with Gasteiger partial charge in [-0.05, 0) is 44.5 Å². The summed E-state index contributed by atoms with van der Waals surface area (Å²) in [6, 6.07) is 14.7. The fourth-order valence-corrected chi connectivity index (χ4v) is 3.80. The molecule has 0 saturated heterocycles. The largest absolute Gasteiger partial charge is 0.481 e. The van der Waals surface area contributed by atoms with Gasteiger partial charge in [0.25, 0.3) is 0 Å². The van der Waals surface area contributed by atoms with Gasteiger partial charge in [-0.15, -0.1) is 0 Å². The van der Waals surface area contributed by atoms with E-state index in [2.05, 4.69) is 54.6 Å². The lowest BCUT2D eigenvalue weighted by molar-refractivity contribution is -0.139. The van der Waals surface area contributed by atoms with Crippen LogP contribution in [-0.2, 0) is 4.79 Å². The summed E-state index contributed by atoms with van der Waals surface area (Å²) in [5.74, 6) is -0.855. The lowest BCUT2D eigenvalue weighted by Gasteiger charge is -2.00. The summed E-state index contributed by atoms with van der Waals surface area (Å²) in [6.45, 7) is 4.07. The zero-order chi connectivity index (χ0) is 15.5. The van der Waals surface area contributed by atoms with E-state index in [1.807, 2.05) is 13.8 Å². The number of aliphatic carboxylic acids is 1. The standard InChI is InChI=1S/C20H18O2/c1-20(2)17(18(20)19(21)22)11-13-7-5-9-15-14-8-4-3-6-12(14)10-16(13)15/h3-11,17-18H,1-2H3,(H,21,22). The molecule has 2 aromatic carbocycles. The molecule has 2 aliphatic carbocycles. The molecule has 2 aromatic rings. The van der Waals surface area contributed by atoms with Crippen molar-refractivity contribution in [3.05, 3.63) is 58.5 Å². The second kappa shape index (κ2) is 4.33. The molecule has 2 nitrogen and oxygen atoms in total. The van der Waals surface area contributed by atoms with Gasteiger partial charge in [0.15, 0.2) is 0 Å². The molecule has 0 aliphatic heterocycles. The second-order valence-electron chi connectivity index (χ2n) is 6.87. The van der Waals surface area contributed by atoms with Crippen molar-refractivity contribution in [1.82, 2.24) is 0 Å². The molecule has 0 aromatic heterocycles. The molecular weight excluding hydrogens is 272 g/mol. The van der Waals surface area contributed by atoms with Gasteiger partial charge in [0.05, 0.1) is 5.92 Å². The summed E-state index contributed by atoms with van der Waals surface area (Å²) < 4.78 is 0. The van der Waals surface area contributed by atoms with Crippen LogP contribution in [0, 0.1) is 17.3 Å². The van der Waals surface area contributed by atoms with Crippen LogP contribution < -0.4 is 10.4 Å². The van der Waals surface area contributed by atoms with E-state index in [0.29, 0.717) is 0 Å². The van der Waals surface area contributed by atoms with Crippen molar-refractivity contribution in [1.29, 1.82) is 0 Å². The summed E-state index contributed by atoms with van der Waals surface area (Å²) in [6.07, 6.45) is 4.36. The molecule has 0 heterocycles. The number of benzene rings is 2. The maximum absolute atomic E-state index is 11.4. The Balaban J connectivity index is 1.87. The van der Waals surface area contributed by atoms with E-state index in [9.17, 15) is 9.90 Å². The number of hydrogen-bond acceptors (Lipinski definition) is 1. The van der Waals surface area contributed by atoms with Crippen molar-refractivity contribution >= 4 is 18.1 Å². The monoisotopic (exact) mass is 290 g/mol. The zero-order valence-electron chi connectivity index (χ0n) is 12.7. The van der Waals surface area contributed by atoms with Crippen molar-refractivity contribution in [3.63, 3.8) is 0 Å². The highest BCUT2D eigenvalue weighted by atomic mass is 16.4. The Kier molecular flexibility index (Phi) is 2.62. The summed E-state index contributed by atoms with van der Waals surface area (Å²) in [5, 5.41) is 11.7. The smallest absolute Gasteiger partial charge is 0.307 e. The minimum atomic E-state index is -0.689. The van der Waals surface area contributed by atoms with Gasteiger partial charge in [0.1, 0.15) is 0 Å². The lowest BCUT2D eigenvalue weighted by atomic mass is 10.0. The molecule has 2 heteroatoms. The van der Waals surface area contributed by atoms with E-state index in [1.165, 1.54) is 21.9 Å². The number of rotatable bonds is 2. The third-order valence-electron chi connectivity index (χ3n) is 5.23. The van der Waals surface area contributed by atoms with Gasteiger partial charge in [-0.3, -0.25) is 4.79 Å². The van der Waals surface area contributed by atoms with Crippen LogP contribution in [0.1, 0.15) is 19.4 Å². The van der Waals surface area contributed by atoms with Crippen LogP contribution in [0.25, 0.3) is 23.3 Å². The van der Waals surface area contributed by atoms with E-state index < -0.39 is 5.97 Å². The maximum Gasteiger partial charge on any atom is 0.307 e. The highest BCUT2D eigenvalue weighted by Gasteiger charge is 2.60. The van der Waals surface area contributed by atoms with Crippen LogP contribution in [-0.4, -0.2) is 11.1 Å². The normalized spacial score (nSPS) is 24.4.